The van der Waals surface area contributed by atoms with Crippen molar-refractivity contribution in [2.24, 2.45) is 11.8 Å². The summed E-state index contributed by atoms with van der Waals surface area (Å²) in [5.74, 6) is 1.10. The van der Waals surface area contributed by atoms with Crippen molar-refractivity contribution in [2.45, 2.75) is 39.0 Å². The number of carbonyl (C=O) groups excluding carboxylic acids is 2. The Morgan fingerprint density at radius 3 is 2.32 bits per heavy atom. The minimum Gasteiger partial charge on any atom is -0.371 e. The van der Waals surface area contributed by atoms with Crippen LogP contribution in [-0.2, 0) is 6.42 Å². The summed E-state index contributed by atoms with van der Waals surface area (Å²) < 4.78 is 0. The van der Waals surface area contributed by atoms with E-state index in [4.69, 9.17) is 11.6 Å². The predicted molar refractivity (Wildman–Crippen MR) is 155 cm³/mol. The van der Waals surface area contributed by atoms with Gasteiger partial charge in [-0.3, -0.25) is 9.59 Å². The van der Waals surface area contributed by atoms with Crippen LogP contribution in [0.4, 0.5) is 11.4 Å². The lowest BCUT2D eigenvalue weighted by molar-refractivity contribution is 0.0697. The standard InChI is InChI=1S/C32H36ClN3O2/c1-23-12-16-36(17-13-23)32(38)29-22-28(34-31(37)26-8-5-9-27(33)21-26)10-11-30(29)35-18-14-25(15-19-35)20-24-6-3-2-4-7-24/h2-11,21-23,25H,12-20H2,1H3,(H,34,37). The third kappa shape index (κ3) is 6.39. The van der Waals surface area contributed by atoms with Gasteiger partial charge in [0.05, 0.1) is 5.56 Å². The van der Waals surface area contributed by atoms with Crippen LogP contribution in [0.15, 0.2) is 72.8 Å². The molecule has 3 aromatic rings. The summed E-state index contributed by atoms with van der Waals surface area (Å²) in [6.07, 6.45) is 5.34. The Morgan fingerprint density at radius 1 is 0.868 bits per heavy atom. The van der Waals surface area contributed by atoms with Gasteiger partial charge in [0.1, 0.15) is 0 Å². The molecule has 2 aliphatic rings. The van der Waals surface area contributed by atoms with Crippen LogP contribution in [0.1, 0.15) is 58.9 Å². The molecule has 0 saturated carbocycles. The van der Waals surface area contributed by atoms with E-state index in [0.717, 1.165) is 64.0 Å². The molecule has 2 heterocycles. The smallest absolute Gasteiger partial charge is 0.256 e. The molecule has 0 aromatic heterocycles. The highest BCUT2D eigenvalue weighted by molar-refractivity contribution is 6.31. The van der Waals surface area contributed by atoms with Gasteiger partial charge in [0.25, 0.3) is 11.8 Å². The third-order valence-corrected chi connectivity index (χ3v) is 8.20. The van der Waals surface area contributed by atoms with E-state index in [1.54, 1.807) is 24.3 Å². The Morgan fingerprint density at radius 2 is 1.61 bits per heavy atom. The summed E-state index contributed by atoms with van der Waals surface area (Å²) in [7, 11) is 0. The molecule has 0 aliphatic carbocycles. The zero-order valence-corrected chi connectivity index (χ0v) is 22.8. The lowest BCUT2D eigenvalue weighted by atomic mass is 9.89. The van der Waals surface area contributed by atoms with Crippen LogP contribution in [0.3, 0.4) is 0 Å². The highest BCUT2D eigenvalue weighted by atomic mass is 35.5. The first kappa shape index (κ1) is 26.3. The Balaban J connectivity index is 1.35. The van der Waals surface area contributed by atoms with Crippen molar-refractivity contribution >= 4 is 34.8 Å². The fourth-order valence-electron chi connectivity index (χ4n) is 5.60. The third-order valence-electron chi connectivity index (χ3n) is 7.96. The van der Waals surface area contributed by atoms with Gasteiger partial charge in [-0.2, -0.15) is 0 Å². The number of nitrogens with zero attached hydrogens (tertiary/aromatic N) is 2. The Hall–Kier alpha value is -3.31. The maximum absolute atomic E-state index is 13.8. The first-order chi connectivity index (χ1) is 18.5. The molecular formula is C32H36ClN3O2. The van der Waals surface area contributed by atoms with E-state index in [0.29, 0.717) is 33.7 Å². The largest absolute Gasteiger partial charge is 0.371 e. The number of hydrogen-bond acceptors (Lipinski definition) is 3. The van der Waals surface area contributed by atoms with Crippen LogP contribution in [-0.4, -0.2) is 42.9 Å². The minimum absolute atomic E-state index is 0.0529. The van der Waals surface area contributed by atoms with Gasteiger partial charge >= 0.3 is 0 Å². The molecule has 2 saturated heterocycles. The van der Waals surface area contributed by atoms with E-state index in [-0.39, 0.29) is 11.8 Å². The average molecular weight is 530 g/mol. The zero-order valence-electron chi connectivity index (χ0n) is 22.0. The molecule has 0 unspecified atom stereocenters. The molecule has 1 N–H and O–H groups in total. The highest BCUT2D eigenvalue weighted by Crippen LogP contribution is 2.32. The SMILES string of the molecule is CC1CCN(C(=O)c2cc(NC(=O)c3cccc(Cl)c3)ccc2N2CCC(Cc3ccccc3)CC2)CC1. The second-order valence-corrected chi connectivity index (χ2v) is 11.2. The zero-order chi connectivity index (χ0) is 26.5. The topological polar surface area (TPSA) is 52.7 Å². The Bertz CT molecular complexity index is 1260. The van der Waals surface area contributed by atoms with Gasteiger partial charge in [-0.25, -0.2) is 0 Å². The van der Waals surface area contributed by atoms with Gasteiger partial charge in [0.2, 0.25) is 0 Å². The predicted octanol–water partition coefficient (Wildman–Crippen LogP) is 6.92. The van der Waals surface area contributed by atoms with Gasteiger partial charge in [-0.1, -0.05) is 54.9 Å². The summed E-state index contributed by atoms with van der Waals surface area (Å²) in [5, 5.41) is 3.48. The molecule has 198 valence electrons. The van der Waals surface area contributed by atoms with Crippen LogP contribution in [0.25, 0.3) is 0 Å². The molecule has 5 rings (SSSR count). The number of carbonyl (C=O) groups is 2. The number of anilines is 2. The minimum atomic E-state index is -0.243. The average Bonchev–Trinajstić information content (AvgIpc) is 2.94. The first-order valence-electron chi connectivity index (χ1n) is 13.8. The van der Waals surface area contributed by atoms with Gasteiger partial charge in [0, 0.05) is 48.1 Å². The summed E-state index contributed by atoms with van der Waals surface area (Å²) in [6.45, 7) is 5.64. The van der Waals surface area contributed by atoms with Crippen LogP contribution in [0.5, 0.6) is 0 Å². The van der Waals surface area contributed by atoms with Crippen molar-refractivity contribution in [3.8, 4) is 0 Å². The molecular weight excluding hydrogens is 494 g/mol. The van der Waals surface area contributed by atoms with E-state index in [9.17, 15) is 9.59 Å². The molecule has 3 aromatic carbocycles. The number of likely N-dealkylation sites (tertiary alicyclic amines) is 1. The van der Waals surface area contributed by atoms with E-state index in [2.05, 4.69) is 47.5 Å². The number of amides is 2. The number of halogens is 1. The summed E-state index contributed by atoms with van der Waals surface area (Å²) in [5.41, 5.74) is 4.13. The number of rotatable bonds is 6. The molecule has 0 spiro atoms. The van der Waals surface area contributed by atoms with Crippen LogP contribution >= 0.6 is 11.6 Å². The number of benzene rings is 3. The molecule has 38 heavy (non-hydrogen) atoms. The van der Waals surface area contributed by atoms with Crippen LogP contribution in [0, 0.1) is 11.8 Å². The van der Waals surface area contributed by atoms with Crippen LogP contribution < -0.4 is 10.2 Å². The van der Waals surface area contributed by atoms with Crippen molar-refractivity contribution in [3.05, 3.63) is 94.5 Å². The van der Waals surface area contributed by atoms with Crippen molar-refractivity contribution in [2.75, 3.05) is 36.4 Å². The molecule has 5 nitrogen and oxygen atoms in total. The number of hydrogen-bond donors (Lipinski definition) is 1. The highest BCUT2D eigenvalue weighted by Gasteiger charge is 2.27. The molecule has 6 heteroatoms. The van der Waals surface area contributed by atoms with Gasteiger partial charge in [-0.05, 0) is 85.9 Å². The quantitative estimate of drug-likeness (QED) is 0.377. The summed E-state index contributed by atoms with van der Waals surface area (Å²) in [4.78, 5) is 31.0. The maximum Gasteiger partial charge on any atom is 0.256 e. The second-order valence-electron chi connectivity index (χ2n) is 10.8. The van der Waals surface area contributed by atoms with Crippen molar-refractivity contribution in [1.82, 2.24) is 4.90 Å². The van der Waals surface area contributed by atoms with Gasteiger partial charge in [-0.15, -0.1) is 0 Å². The molecule has 0 atom stereocenters. The molecule has 0 bridgehead atoms. The van der Waals surface area contributed by atoms with E-state index < -0.39 is 0 Å². The lowest BCUT2D eigenvalue weighted by Crippen LogP contribution is -2.40. The molecule has 0 radical (unpaired) electrons. The summed E-state index contributed by atoms with van der Waals surface area (Å²) >= 11 is 6.08. The van der Waals surface area contributed by atoms with E-state index >= 15 is 0 Å². The number of piperidine rings is 2. The van der Waals surface area contributed by atoms with Gasteiger partial charge < -0.3 is 15.1 Å². The normalized spacial score (nSPS) is 16.9. The molecule has 2 aliphatic heterocycles. The monoisotopic (exact) mass is 529 g/mol. The first-order valence-corrected chi connectivity index (χ1v) is 14.1. The summed E-state index contributed by atoms with van der Waals surface area (Å²) in [6, 6.07) is 23.3. The fraction of sp³-hybridized carbons (Fsp3) is 0.375. The van der Waals surface area contributed by atoms with Crippen molar-refractivity contribution in [1.29, 1.82) is 0 Å². The van der Waals surface area contributed by atoms with Gasteiger partial charge in [0.15, 0.2) is 0 Å². The second kappa shape index (κ2) is 12.0. The fourth-order valence-corrected chi connectivity index (χ4v) is 5.79. The number of nitrogens with one attached hydrogen (secondary N) is 1. The Labute approximate surface area is 230 Å². The van der Waals surface area contributed by atoms with Crippen molar-refractivity contribution < 1.29 is 9.59 Å². The lowest BCUT2D eigenvalue weighted by Gasteiger charge is -2.36. The maximum atomic E-state index is 13.8. The molecule has 2 amide bonds. The van der Waals surface area contributed by atoms with E-state index in [1.807, 2.05) is 23.1 Å². The van der Waals surface area contributed by atoms with Crippen LogP contribution in [0.2, 0.25) is 5.02 Å². The Kier molecular flexibility index (Phi) is 8.33. The van der Waals surface area contributed by atoms with Crippen molar-refractivity contribution in [3.63, 3.8) is 0 Å². The van der Waals surface area contributed by atoms with E-state index in [1.165, 1.54) is 5.56 Å². The molecule has 2 fully saturated rings.